The number of anilines is 2. The molecule has 0 saturated carbocycles. The third-order valence-corrected chi connectivity index (χ3v) is 7.68. The molecule has 0 aliphatic heterocycles. The van der Waals surface area contributed by atoms with Crippen LogP contribution < -0.4 is 19.8 Å². The van der Waals surface area contributed by atoms with Crippen LogP contribution in [0.3, 0.4) is 0 Å². The SMILES string of the molecule is C[C@H](Nc1ncnc2[nH]cc(-c3cc(NS(C)(=O)=O)cc(OS(C)(=O)=O)c3)c12)c1nn2cccc2c(=O)n1-c1ccccc1. The van der Waals surface area contributed by atoms with E-state index in [1.54, 1.807) is 29.1 Å². The molecule has 14 nitrogen and oxygen atoms in total. The molecular weight excluding hydrogens is 608 g/mol. The van der Waals surface area contributed by atoms with E-state index in [0.29, 0.717) is 45.0 Å². The molecule has 3 N–H and O–H groups in total. The van der Waals surface area contributed by atoms with E-state index < -0.39 is 26.2 Å². The Morgan fingerprint density at radius 1 is 0.977 bits per heavy atom. The van der Waals surface area contributed by atoms with Crippen molar-refractivity contribution >= 4 is 48.2 Å². The number of H-pyrrole nitrogens is 1. The molecule has 0 saturated heterocycles. The minimum absolute atomic E-state index is 0.0915. The van der Waals surface area contributed by atoms with Crippen LogP contribution in [0.25, 0.3) is 33.4 Å². The molecule has 0 aliphatic rings. The van der Waals surface area contributed by atoms with Crippen molar-refractivity contribution in [1.29, 1.82) is 0 Å². The van der Waals surface area contributed by atoms with Crippen molar-refractivity contribution in [3.05, 3.63) is 95.6 Å². The summed E-state index contributed by atoms with van der Waals surface area (Å²) in [5.74, 6) is 0.700. The van der Waals surface area contributed by atoms with Gasteiger partial charge in [-0.25, -0.2) is 22.9 Å². The van der Waals surface area contributed by atoms with Crippen LogP contribution in [0.1, 0.15) is 18.8 Å². The maximum atomic E-state index is 13.6. The molecule has 0 unspecified atom stereocenters. The van der Waals surface area contributed by atoms with Gasteiger partial charge in [0.15, 0.2) is 5.82 Å². The highest BCUT2D eigenvalue weighted by Gasteiger charge is 2.22. The van der Waals surface area contributed by atoms with Crippen LogP contribution in [0, 0.1) is 0 Å². The fourth-order valence-corrected chi connectivity index (χ4v) is 5.92. The lowest BCUT2D eigenvalue weighted by Crippen LogP contribution is -2.29. The Morgan fingerprint density at radius 2 is 1.75 bits per heavy atom. The number of nitrogens with zero attached hydrogens (tertiary/aromatic N) is 5. The van der Waals surface area contributed by atoms with Crippen LogP contribution in [-0.4, -0.2) is 58.5 Å². The molecule has 6 aromatic rings. The van der Waals surface area contributed by atoms with E-state index in [0.717, 1.165) is 12.5 Å². The topological polar surface area (TPSA) is 182 Å². The van der Waals surface area contributed by atoms with Crippen molar-refractivity contribution in [2.45, 2.75) is 13.0 Å². The highest BCUT2D eigenvalue weighted by molar-refractivity contribution is 7.92. The van der Waals surface area contributed by atoms with Crippen molar-refractivity contribution in [2.75, 3.05) is 22.6 Å². The first kappa shape index (κ1) is 28.9. The molecule has 4 aromatic heterocycles. The average Bonchev–Trinajstić information content (AvgIpc) is 3.59. The maximum Gasteiger partial charge on any atom is 0.306 e. The third kappa shape index (κ3) is 5.84. The van der Waals surface area contributed by atoms with Crippen LogP contribution in [0.2, 0.25) is 0 Å². The van der Waals surface area contributed by atoms with Crippen molar-refractivity contribution < 1.29 is 21.0 Å². The van der Waals surface area contributed by atoms with Gasteiger partial charge in [0, 0.05) is 24.0 Å². The van der Waals surface area contributed by atoms with Crippen molar-refractivity contribution in [3.63, 3.8) is 0 Å². The quantitative estimate of drug-likeness (QED) is 0.200. The fraction of sp³-hybridized carbons (Fsp3) is 0.143. The predicted octanol–water partition coefficient (Wildman–Crippen LogP) is 3.31. The van der Waals surface area contributed by atoms with Gasteiger partial charge in [-0.3, -0.25) is 14.1 Å². The van der Waals surface area contributed by atoms with E-state index in [1.165, 1.54) is 29.0 Å². The monoisotopic (exact) mass is 634 g/mol. The molecule has 4 heterocycles. The van der Waals surface area contributed by atoms with Gasteiger partial charge in [0.1, 0.15) is 29.1 Å². The molecule has 2 aromatic carbocycles. The summed E-state index contributed by atoms with van der Waals surface area (Å²) in [4.78, 5) is 25.5. The number of sulfonamides is 1. The van der Waals surface area contributed by atoms with Gasteiger partial charge in [-0.15, -0.1) is 0 Å². The van der Waals surface area contributed by atoms with Crippen LogP contribution in [0.5, 0.6) is 5.75 Å². The van der Waals surface area contributed by atoms with E-state index in [4.69, 9.17) is 9.28 Å². The van der Waals surface area contributed by atoms with Crippen LogP contribution in [0.4, 0.5) is 11.5 Å². The first-order chi connectivity index (χ1) is 20.9. The molecule has 6 rings (SSSR count). The summed E-state index contributed by atoms with van der Waals surface area (Å²) in [6, 6.07) is 16.3. The molecule has 44 heavy (non-hydrogen) atoms. The first-order valence-electron chi connectivity index (χ1n) is 13.1. The fourth-order valence-electron chi connectivity index (χ4n) is 4.93. The Labute approximate surface area is 251 Å². The number of aromatic amines is 1. The lowest BCUT2D eigenvalue weighted by Gasteiger charge is -2.20. The molecule has 0 fully saturated rings. The van der Waals surface area contributed by atoms with E-state index >= 15 is 0 Å². The molecular formula is C28H26N8O6S2. The second-order valence-electron chi connectivity index (χ2n) is 10.1. The number of para-hydroxylation sites is 1. The average molecular weight is 635 g/mol. The van der Waals surface area contributed by atoms with Crippen LogP contribution in [-0.2, 0) is 20.1 Å². The smallest absolute Gasteiger partial charge is 0.306 e. The minimum atomic E-state index is -3.92. The normalized spacial score (nSPS) is 12.8. The standard InChI is InChI=1S/C28H26N8O6S2/c1-17(27-33-35-11-7-10-23(35)28(37)36(27)20-8-5-4-6-9-20)32-26-24-22(15-29-25(24)30-16-31-26)18-12-19(34-43(2,38)39)14-21(13-18)42-44(3,40)41/h4-17,34H,1-3H3,(H2,29,30,31,32)/t17-/m0/s1. The summed E-state index contributed by atoms with van der Waals surface area (Å²) >= 11 is 0. The van der Waals surface area contributed by atoms with Gasteiger partial charge in [0.2, 0.25) is 10.0 Å². The van der Waals surface area contributed by atoms with Gasteiger partial charge in [-0.2, -0.15) is 13.5 Å². The highest BCUT2D eigenvalue weighted by Crippen LogP contribution is 2.37. The maximum absolute atomic E-state index is 13.6. The van der Waals surface area contributed by atoms with Crippen molar-refractivity contribution in [1.82, 2.24) is 29.1 Å². The van der Waals surface area contributed by atoms with Gasteiger partial charge in [0.05, 0.1) is 35.3 Å². The first-order valence-corrected chi connectivity index (χ1v) is 16.8. The van der Waals surface area contributed by atoms with Gasteiger partial charge in [-0.05, 0) is 48.9 Å². The largest absolute Gasteiger partial charge is 0.383 e. The lowest BCUT2D eigenvalue weighted by atomic mass is 10.0. The Kier molecular flexibility index (Phi) is 7.09. The Bertz CT molecular complexity index is 2260. The zero-order valence-electron chi connectivity index (χ0n) is 23.6. The third-order valence-electron chi connectivity index (χ3n) is 6.58. The van der Waals surface area contributed by atoms with Crippen molar-refractivity contribution in [2.24, 2.45) is 0 Å². The number of fused-ring (bicyclic) bond motifs is 2. The number of hydrogen-bond acceptors (Lipinski definition) is 10. The van der Waals surface area contributed by atoms with E-state index in [2.05, 4.69) is 25.0 Å². The zero-order valence-corrected chi connectivity index (χ0v) is 25.2. The second kappa shape index (κ2) is 10.8. The van der Waals surface area contributed by atoms with Gasteiger partial charge in [0.25, 0.3) is 5.56 Å². The van der Waals surface area contributed by atoms with Gasteiger partial charge in [-0.1, -0.05) is 18.2 Å². The van der Waals surface area contributed by atoms with Crippen LogP contribution in [0.15, 0.2) is 84.2 Å². The number of benzene rings is 2. The van der Waals surface area contributed by atoms with E-state index in [9.17, 15) is 21.6 Å². The molecule has 0 radical (unpaired) electrons. The Hall–Kier alpha value is -5.22. The summed E-state index contributed by atoms with van der Waals surface area (Å²) in [7, 11) is -7.62. The predicted molar refractivity (Wildman–Crippen MR) is 166 cm³/mol. The lowest BCUT2D eigenvalue weighted by molar-refractivity contribution is 0.493. The summed E-state index contributed by atoms with van der Waals surface area (Å²) in [5, 5.41) is 8.61. The van der Waals surface area contributed by atoms with E-state index in [1.807, 2.05) is 37.3 Å². The number of nitrogens with one attached hydrogen (secondary N) is 3. The summed E-state index contributed by atoms with van der Waals surface area (Å²) in [5.41, 5.74) is 2.30. The van der Waals surface area contributed by atoms with Crippen molar-refractivity contribution in [3.8, 4) is 22.6 Å². The molecule has 0 aliphatic carbocycles. The molecule has 0 spiro atoms. The molecule has 0 amide bonds. The molecule has 1 atom stereocenters. The van der Waals surface area contributed by atoms with Gasteiger partial charge >= 0.3 is 10.1 Å². The molecule has 226 valence electrons. The van der Waals surface area contributed by atoms with Crippen LogP contribution >= 0.6 is 0 Å². The molecule has 0 bridgehead atoms. The summed E-state index contributed by atoms with van der Waals surface area (Å²) < 4.78 is 58.3. The minimum Gasteiger partial charge on any atom is -0.383 e. The zero-order chi connectivity index (χ0) is 31.2. The number of rotatable bonds is 9. The number of aromatic nitrogens is 6. The molecule has 16 heteroatoms. The van der Waals surface area contributed by atoms with Gasteiger partial charge < -0.3 is 14.5 Å². The van der Waals surface area contributed by atoms with E-state index in [-0.39, 0.29) is 17.0 Å². The highest BCUT2D eigenvalue weighted by atomic mass is 32.2. The second-order valence-corrected chi connectivity index (χ2v) is 13.4. The Balaban J connectivity index is 1.48. The number of hydrogen-bond donors (Lipinski definition) is 3. The summed E-state index contributed by atoms with van der Waals surface area (Å²) in [6.07, 6.45) is 6.57. The Morgan fingerprint density at radius 3 is 2.48 bits per heavy atom. The summed E-state index contributed by atoms with van der Waals surface area (Å²) in [6.45, 7) is 1.84.